The number of rotatable bonds is 9. The predicted octanol–water partition coefficient (Wildman–Crippen LogP) is 0.531. The van der Waals surface area contributed by atoms with Gasteiger partial charge in [0, 0.05) is 18.0 Å². The zero-order valence-electron chi connectivity index (χ0n) is 12.1. The van der Waals surface area contributed by atoms with Crippen molar-refractivity contribution in [2.24, 2.45) is 5.73 Å². The first-order valence-corrected chi connectivity index (χ1v) is 10.1. The van der Waals surface area contributed by atoms with Crippen molar-refractivity contribution in [3.05, 3.63) is 17.0 Å². The normalized spacial score (nSPS) is 13.1. The average molecular weight is 352 g/mol. The van der Waals surface area contributed by atoms with Gasteiger partial charge in [0.05, 0.1) is 6.04 Å². The van der Waals surface area contributed by atoms with Gasteiger partial charge in [-0.25, -0.2) is 13.1 Å². The van der Waals surface area contributed by atoms with Crippen LogP contribution >= 0.6 is 23.1 Å². The molecule has 1 rings (SSSR count). The van der Waals surface area contributed by atoms with Gasteiger partial charge in [0.15, 0.2) is 0 Å². The lowest BCUT2D eigenvalue weighted by molar-refractivity contribution is -0.122. The van der Waals surface area contributed by atoms with E-state index in [0.717, 1.165) is 10.6 Å². The summed E-state index contributed by atoms with van der Waals surface area (Å²) in [7, 11) is -3.49. The molecule has 21 heavy (non-hydrogen) atoms. The molecular formula is C12H21N3O3S3. The number of hydrogen-bond donors (Lipinski definition) is 3. The first-order chi connectivity index (χ1) is 9.86. The van der Waals surface area contributed by atoms with E-state index in [9.17, 15) is 13.2 Å². The molecule has 6 nitrogen and oxygen atoms in total. The first-order valence-electron chi connectivity index (χ1n) is 6.45. The number of amides is 1. The summed E-state index contributed by atoms with van der Waals surface area (Å²) in [5, 5.41) is 2.62. The van der Waals surface area contributed by atoms with E-state index in [1.807, 2.05) is 13.2 Å². The zero-order chi connectivity index (χ0) is 15.9. The van der Waals surface area contributed by atoms with E-state index in [4.69, 9.17) is 5.73 Å². The Morgan fingerprint density at radius 1 is 1.43 bits per heavy atom. The minimum absolute atomic E-state index is 0.139. The van der Waals surface area contributed by atoms with Crippen molar-refractivity contribution in [1.29, 1.82) is 0 Å². The van der Waals surface area contributed by atoms with Crippen LogP contribution in [-0.2, 0) is 14.8 Å². The fourth-order valence-electron chi connectivity index (χ4n) is 1.51. The molecule has 1 aromatic heterocycles. The van der Waals surface area contributed by atoms with Crippen LogP contribution in [0.2, 0.25) is 0 Å². The molecule has 120 valence electrons. The molecule has 0 aliphatic heterocycles. The Kier molecular flexibility index (Phi) is 7.67. The predicted molar refractivity (Wildman–Crippen MR) is 88.2 cm³/mol. The Bertz CT molecular complexity index is 557. The summed E-state index contributed by atoms with van der Waals surface area (Å²) in [5.74, 6) is 0.564. The zero-order valence-corrected chi connectivity index (χ0v) is 14.5. The van der Waals surface area contributed by atoms with Crippen molar-refractivity contribution in [2.45, 2.75) is 23.6 Å². The fraction of sp³-hybridized carbons (Fsp3) is 0.583. The second-order valence-corrected chi connectivity index (χ2v) is 8.71. The fourth-order valence-corrected chi connectivity index (χ4v) is 4.36. The van der Waals surface area contributed by atoms with Gasteiger partial charge >= 0.3 is 0 Å². The summed E-state index contributed by atoms with van der Waals surface area (Å²) in [4.78, 5) is 12.6. The molecule has 1 unspecified atom stereocenters. The number of nitrogens with two attached hydrogens (primary N) is 1. The molecule has 0 fully saturated rings. The SMILES string of the molecule is CSCCC(N)C(=O)NCCNS(=O)(=O)c1ccc(C)s1. The average Bonchev–Trinajstić information content (AvgIpc) is 2.88. The van der Waals surface area contributed by atoms with Crippen LogP contribution in [0.4, 0.5) is 0 Å². The molecule has 9 heteroatoms. The van der Waals surface area contributed by atoms with Crippen LogP contribution < -0.4 is 15.8 Å². The summed E-state index contributed by atoms with van der Waals surface area (Å²) < 4.78 is 26.6. The molecule has 0 saturated carbocycles. The Morgan fingerprint density at radius 3 is 2.71 bits per heavy atom. The molecule has 0 spiro atoms. The molecule has 1 aromatic rings. The van der Waals surface area contributed by atoms with E-state index in [0.29, 0.717) is 6.42 Å². The third-order valence-electron chi connectivity index (χ3n) is 2.67. The lowest BCUT2D eigenvalue weighted by Crippen LogP contribution is -2.43. The molecule has 1 amide bonds. The molecule has 0 radical (unpaired) electrons. The maximum absolute atomic E-state index is 11.9. The number of aryl methyl sites for hydroxylation is 1. The number of hydrogen-bond acceptors (Lipinski definition) is 6. The molecule has 0 aliphatic carbocycles. The standard InChI is InChI=1S/C12H21N3O3S3/c1-9-3-4-11(20-9)21(17,18)15-7-6-14-12(16)10(13)5-8-19-2/h3-4,10,15H,5-8,13H2,1-2H3,(H,14,16). The van der Waals surface area contributed by atoms with Crippen LogP contribution in [0.15, 0.2) is 16.3 Å². The molecular weight excluding hydrogens is 330 g/mol. The number of sulfonamides is 1. The van der Waals surface area contributed by atoms with Gasteiger partial charge in [-0.3, -0.25) is 4.79 Å². The number of carbonyl (C=O) groups is 1. The summed E-state index contributed by atoms with van der Waals surface area (Å²) in [5.41, 5.74) is 5.70. The second kappa shape index (κ2) is 8.74. The molecule has 1 heterocycles. The third kappa shape index (κ3) is 6.35. The van der Waals surface area contributed by atoms with Gasteiger partial charge in [0.1, 0.15) is 4.21 Å². The van der Waals surface area contributed by atoms with Gasteiger partial charge in [-0.2, -0.15) is 11.8 Å². The van der Waals surface area contributed by atoms with Gasteiger partial charge in [-0.05, 0) is 37.5 Å². The Labute approximate surface area is 133 Å². The van der Waals surface area contributed by atoms with Gasteiger partial charge < -0.3 is 11.1 Å². The van der Waals surface area contributed by atoms with Crippen LogP contribution in [-0.4, -0.2) is 45.5 Å². The summed E-state index contributed by atoms with van der Waals surface area (Å²) in [6.07, 6.45) is 2.55. The highest BCUT2D eigenvalue weighted by Gasteiger charge is 2.16. The highest BCUT2D eigenvalue weighted by molar-refractivity contribution is 7.98. The smallest absolute Gasteiger partial charge is 0.250 e. The van der Waals surface area contributed by atoms with E-state index in [1.165, 1.54) is 11.3 Å². The van der Waals surface area contributed by atoms with Crippen LogP contribution in [0.1, 0.15) is 11.3 Å². The highest BCUT2D eigenvalue weighted by Crippen LogP contribution is 2.19. The van der Waals surface area contributed by atoms with E-state index in [1.54, 1.807) is 23.9 Å². The quantitative estimate of drug-likeness (QED) is 0.564. The summed E-state index contributed by atoms with van der Waals surface area (Å²) in [6.45, 7) is 2.20. The molecule has 0 aromatic carbocycles. The molecule has 0 aliphatic rings. The monoisotopic (exact) mass is 351 g/mol. The van der Waals surface area contributed by atoms with Crippen molar-refractivity contribution in [3.63, 3.8) is 0 Å². The molecule has 4 N–H and O–H groups in total. The first kappa shape index (κ1) is 18.4. The van der Waals surface area contributed by atoms with E-state index < -0.39 is 16.1 Å². The highest BCUT2D eigenvalue weighted by atomic mass is 32.2. The van der Waals surface area contributed by atoms with Gasteiger partial charge in [0.2, 0.25) is 15.9 Å². The second-order valence-electron chi connectivity index (χ2n) is 4.44. The number of thioether (sulfide) groups is 1. The van der Waals surface area contributed by atoms with Crippen molar-refractivity contribution >= 4 is 39.0 Å². The van der Waals surface area contributed by atoms with Crippen LogP contribution in [0.25, 0.3) is 0 Å². The molecule has 0 bridgehead atoms. The minimum Gasteiger partial charge on any atom is -0.353 e. The lowest BCUT2D eigenvalue weighted by Gasteiger charge is -2.11. The largest absolute Gasteiger partial charge is 0.353 e. The summed E-state index contributed by atoms with van der Waals surface area (Å²) in [6, 6.07) is 2.78. The van der Waals surface area contributed by atoms with Gasteiger partial charge in [-0.15, -0.1) is 11.3 Å². The topological polar surface area (TPSA) is 101 Å². The summed E-state index contributed by atoms with van der Waals surface area (Å²) >= 11 is 2.84. The maximum atomic E-state index is 11.9. The van der Waals surface area contributed by atoms with E-state index in [2.05, 4.69) is 10.0 Å². The Morgan fingerprint density at radius 2 is 2.14 bits per heavy atom. The van der Waals surface area contributed by atoms with Crippen molar-refractivity contribution < 1.29 is 13.2 Å². The van der Waals surface area contributed by atoms with Crippen molar-refractivity contribution in [3.8, 4) is 0 Å². The van der Waals surface area contributed by atoms with E-state index in [-0.39, 0.29) is 23.2 Å². The van der Waals surface area contributed by atoms with Crippen molar-refractivity contribution in [1.82, 2.24) is 10.0 Å². The number of nitrogens with one attached hydrogen (secondary N) is 2. The van der Waals surface area contributed by atoms with Crippen molar-refractivity contribution in [2.75, 3.05) is 25.1 Å². The maximum Gasteiger partial charge on any atom is 0.250 e. The Balaban J connectivity index is 2.32. The van der Waals surface area contributed by atoms with E-state index >= 15 is 0 Å². The van der Waals surface area contributed by atoms with Gasteiger partial charge in [-0.1, -0.05) is 0 Å². The minimum atomic E-state index is -3.49. The molecule has 1 atom stereocenters. The van der Waals surface area contributed by atoms with Crippen LogP contribution in [0.3, 0.4) is 0 Å². The van der Waals surface area contributed by atoms with Gasteiger partial charge in [0.25, 0.3) is 0 Å². The van der Waals surface area contributed by atoms with Crippen LogP contribution in [0.5, 0.6) is 0 Å². The Hall–Kier alpha value is -0.610. The molecule has 0 saturated heterocycles. The van der Waals surface area contributed by atoms with Crippen LogP contribution in [0, 0.1) is 6.92 Å². The number of carbonyl (C=O) groups excluding carboxylic acids is 1. The number of thiophene rings is 1. The lowest BCUT2D eigenvalue weighted by atomic mass is 10.2. The third-order valence-corrected chi connectivity index (χ3v) is 6.26.